The maximum Gasteiger partial charge on any atom is 0.0995 e. The minimum absolute atomic E-state index is 0.0443. The molecule has 1 heterocycles. The highest BCUT2D eigenvalue weighted by Gasteiger charge is 2.29. The summed E-state index contributed by atoms with van der Waals surface area (Å²) in [6, 6.07) is 29.3. The van der Waals surface area contributed by atoms with Crippen molar-refractivity contribution in [3.63, 3.8) is 0 Å². The van der Waals surface area contributed by atoms with Gasteiger partial charge in [0.15, 0.2) is 0 Å². The molecule has 1 aromatic heterocycles. The first-order valence-electron chi connectivity index (χ1n) is 9.00. The number of hydrogen-bond acceptors (Lipinski definition) is 2. The first kappa shape index (κ1) is 15.5. The Labute approximate surface area is 158 Å². The van der Waals surface area contributed by atoms with E-state index in [1.807, 2.05) is 18.2 Å². The molecule has 27 heavy (non-hydrogen) atoms. The second-order valence-corrected chi connectivity index (χ2v) is 6.77. The summed E-state index contributed by atoms with van der Waals surface area (Å²) in [7, 11) is 0. The Morgan fingerprint density at radius 3 is 2.48 bits per heavy atom. The molecule has 0 saturated carbocycles. The molecular weight excluding hydrogens is 328 g/mol. The first-order valence-corrected chi connectivity index (χ1v) is 9.00. The van der Waals surface area contributed by atoms with E-state index in [1.165, 1.54) is 22.3 Å². The van der Waals surface area contributed by atoms with E-state index in [-0.39, 0.29) is 5.92 Å². The zero-order chi connectivity index (χ0) is 18.2. The predicted molar refractivity (Wildman–Crippen MR) is 109 cm³/mol. The van der Waals surface area contributed by atoms with Crippen LogP contribution in [0.2, 0.25) is 0 Å². The van der Waals surface area contributed by atoms with Gasteiger partial charge in [-0.1, -0.05) is 60.7 Å². The number of pyridine rings is 1. The van der Waals surface area contributed by atoms with Crippen LogP contribution in [0.25, 0.3) is 22.6 Å². The molecule has 0 amide bonds. The Morgan fingerprint density at radius 2 is 1.63 bits per heavy atom. The van der Waals surface area contributed by atoms with Crippen molar-refractivity contribution in [1.82, 2.24) is 4.98 Å². The van der Waals surface area contributed by atoms with Gasteiger partial charge in [-0.25, -0.2) is 0 Å². The lowest BCUT2D eigenvalue weighted by Gasteiger charge is -2.20. The van der Waals surface area contributed by atoms with E-state index in [1.54, 1.807) is 6.20 Å². The van der Waals surface area contributed by atoms with Gasteiger partial charge in [0.25, 0.3) is 0 Å². The largest absolute Gasteiger partial charge is 0.256 e. The van der Waals surface area contributed by atoms with E-state index in [2.05, 4.69) is 77.8 Å². The molecule has 0 fully saturated rings. The Morgan fingerprint density at radius 1 is 0.815 bits per heavy atom. The second kappa shape index (κ2) is 6.23. The molecule has 5 rings (SSSR count). The zero-order valence-electron chi connectivity index (χ0n) is 14.6. The highest BCUT2D eigenvalue weighted by molar-refractivity contribution is 5.95. The summed E-state index contributed by atoms with van der Waals surface area (Å²) in [5.41, 5.74) is 7.47. The number of allylic oxidation sites excluding steroid dienone is 1. The van der Waals surface area contributed by atoms with Gasteiger partial charge in [-0.3, -0.25) is 4.98 Å². The van der Waals surface area contributed by atoms with Gasteiger partial charge in [0.1, 0.15) is 0 Å². The third-order valence-electron chi connectivity index (χ3n) is 5.24. The number of nitrogens with zero attached hydrogens (tertiary/aromatic N) is 2. The third-order valence-corrected chi connectivity index (χ3v) is 5.24. The molecule has 1 atom stereocenters. The Hall–Kier alpha value is -3.70. The molecule has 0 spiro atoms. The van der Waals surface area contributed by atoms with Crippen LogP contribution in [0.5, 0.6) is 0 Å². The average Bonchev–Trinajstić information content (AvgIpc) is 3.13. The summed E-state index contributed by atoms with van der Waals surface area (Å²) in [4.78, 5) is 4.41. The number of aromatic nitrogens is 1. The summed E-state index contributed by atoms with van der Waals surface area (Å²) in [6.45, 7) is 0. The molecule has 1 aliphatic carbocycles. The van der Waals surface area contributed by atoms with Crippen molar-refractivity contribution >= 4 is 22.6 Å². The van der Waals surface area contributed by atoms with E-state index in [9.17, 15) is 5.26 Å². The average molecular weight is 344 g/mol. The molecular formula is C25H16N2. The summed E-state index contributed by atoms with van der Waals surface area (Å²) in [5, 5.41) is 10.9. The van der Waals surface area contributed by atoms with Gasteiger partial charge in [0, 0.05) is 17.5 Å². The molecule has 0 N–H and O–H groups in total. The molecule has 0 radical (unpaired) electrons. The van der Waals surface area contributed by atoms with Crippen molar-refractivity contribution in [2.24, 2.45) is 0 Å². The number of hydrogen-bond donors (Lipinski definition) is 0. The van der Waals surface area contributed by atoms with Crippen LogP contribution >= 0.6 is 0 Å². The number of nitriles is 1. The molecule has 2 nitrogen and oxygen atoms in total. The van der Waals surface area contributed by atoms with E-state index in [4.69, 9.17) is 0 Å². The van der Waals surface area contributed by atoms with Gasteiger partial charge >= 0.3 is 0 Å². The lowest BCUT2D eigenvalue weighted by molar-refractivity contribution is 1.06. The van der Waals surface area contributed by atoms with Gasteiger partial charge < -0.3 is 0 Å². The summed E-state index contributed by atoms with van der Waals surface area (Å²) < 4.78 is 0. The fourth-order valence-electron chi connectivity index (χ4n) is 4.01. The molecule has 3 aromatic carbocycles. The van der Waals surface area contributed by atoms with Crippen LogP contribution in [0.3, 0.4) is 0 Å². The molecule has 0 aliphatic heterocycles. The minimum atomic E-state index is 0.0443. The minimum Gasteiger partial charge on any atom is -0.256 e. The standard InChI is InChI=1S/C25H16N2/c26-16-20-15-24-19(10-6-12-27-24)14-23(20)25-21-11-5-4-9-18(21)13-22(25)17-7-2-1-3-8-17/h1-15,25H. The topological polar surface area (TPSA) is 36.7 Å². The Balaban J connectivity index is 1.78. The van der Waals surface area contributed by atoms with Crippen molar-refractivity contribution in [2.45, 2.75) is 5.92 Å². The fraction of sp³-hybridized carbons (Fsp3) is 0.0400. The highest BCUT2D eigenvalue weighted by Crippen LogP contribution is 2.47. The summed E-state index contributed by atoms with van der Waals surface area (Å²) in [5.74, 6) is 0.0443. The van der Waals surface area contributed by atoms with E-state index < -0.39 is 0 Å². The molecule has 0 saturated heterocycles. The normalized spacial score (nSPS) is 15.2. The van der Waals surface area contributed by atoms with Gasteiger partial charge in [-0.05, 0) is 52.1 Å². The lowest BCUT2D eigenvalue weighted by atomic mass is 9.82. The van der Waals surface area contributed by atoms with E-state index in [0.29, 0.717) is 5.56 Å². The smallest absolute Gasteiger partial charge is 0.0995 e. The van der Waals surface area contributed by atoms with Crippen LogP contribution < -0.4 is 0 Å². The lowest BCUT2D eigenvalue weighted by Crippen LogP contribution is -2.04. The van der Waals surface area contributed by atoms with Crippen LogP contribution in [0.1, 0.15) is 33.7 Å². The van der Waals surface area contributed by atoms with Crippen LogP contribution in [0.4, 0.5) is 0 Å². The van der Waals surface area contributed by atoms with Gasteiger partial charge in [0.2, 0.25) is 0 Å². The van der Waals surface area contributed by atoms with Crippen molar-refractivity contribution in [3.8, 4) is 6.07 Å². The quantitative estimate of drug-likeness (QED) is 0.461. The van der Waals surface area contributed by atoms with Crippen molar-refractivity contribution in [1.29, 1.82) is 5.26 Å². The van der Waals surface area contributed by atoms with Gasteiger partial charge in [-0.15, -0.1) is 0 Å². The van der Waals surface area contributed by atoms with E-state index in [0.717, 1.165) is 16.5 Å². The van der Waals surface area contributed by atoms with Crippen molar-refractivity contribution in [3.05, 3.63) is 113 Å². The van der Waals surface area contributed by atoms with Crippen LogP contribution in [0, 0.1) is 11.3 Å². The highest BCUT2D eigenvalue weighted by atomic mass is 14.6. The molecule has 4 aromatic rings. The van der Waals surface area contributed by atoms with Crippen molar-refractivity contribution in [2.75, 3.05) is 0 Å². The predicted octanol–water partition coefficient (Wildman–Crippen LogP) is 5.79. The maximum atomic E-state index is 9.85. The van der Waals surface area contributed by atoms with E-state index >= 15 is 0 Å². The van der Waals surface area contributed by atoms with Gasteiger partial charge in [-0.2, -0.15) is 5.26 Å². The van der Waals surface area contributed by atoms with Crippen LogP contribution in [-0.4, -0.2) is 4.98 Å². The second-order valence-electron chi connectivity index (χ2n) is 6.77. The van der Waals surface area contributed by atoms with Crippen LogP contribution in [-0.2, 0) is 0 Å². The fourth-order valence-corrected chi connectivity index (χ4v) is 4.01. The van der Waals surface area contributed by atoms with Gasteiger partial charge in [0.05, 0.1) is 17.1 Å². The Bertz CT molecular complexity index is 1230. The SMILES string of the molecule is N#Cc1cc2ncccc2cc1C1C(c2ccccc2)=Cc2ccccc21. The molecule has 126 valence electrons. The molecule has 2 heteroatoms. The molecule has 1 unspecified atom stereocenters. The summed E-state index contributed by atoms with van der Waals surface area (Å²) >= 11 is 0. The molecule has 0 bridgehead atoms. The Kier molecular flexibility index (Phi) is 3.59. The van der Waals surface area contributed by atoms with Crippen LogP contribution in [0.15, 0.2) is 85.1 Å². The molecule has 1 aliphatic rings. The maximum absolute atomic E-state index is 9.85. The zero-order valence-corrected chi connectivity index (χ0v) is 14.6. The summed E-state index contributed by atoms with van der Waals surface area (Å²) in [6.07, 6.45) is 4.02. The van der Waals surface area contributed by atoms with Crippen molar-refractivity contribution < 1.29 is 0 Å². The third kappa shape index (κ3) is 2.53. The number of rotatable bonds is 2. The monoisotopic (exact) mass is 344 g/mol. The number of fused-ring (bicyclic) bond motifs is 2. The number of benzene rings is 3. The first-order chi connectivity index (χ1) is 13.3.